The molecule has 1 rings (SSSR count). The molecule has 1 amide bonds. The summed E-state index contributed by atoms with van der Waals surface area (Å²) in [7, 11) is 0. The minimum atomic E-state index is -0.845. The predicted molar refractivity (Wildman–Crippen MR) is 92.7 cm³/mol. The van der Waals surface area contributed by atoms with E-state index >= 15 is 0 Å². The van der Waals surface area contributed by atoms with Crippen LogP contribution in [-0.4, -0.2) is 51.8 Å². The lowest BCUT2D eigenvalue weighted by Crippen LogP contribution is -2.44. The van der Waals surface area contributed by atoms with Crippen LogP contribution in [0, 0.1) is 5.92 Å². The van der Waals surface area contributed by atoms with Gasteiger partial charge in [0.1, 0.15) is 17.7 Å². The number of hydrogen-bond acceptors (Lipinski definition) is 6. The summed E-state index contributed by atoms with van der Waals surface area (Å²) in [4.78, 5) is 34.6. The lowest BCUT2D eigenvalue weighted by Gasteiger charge is -2.26. The highest BCUT2D eigenvalue weighted by Crippen LogP contribution is 2.28. The van der Waals surface area contributed by atoms with Gasteiger partial charge in [-0.1, -0.05) is 6.92 Å². The highest BCUT2D eigenvalue weighted by molar-refractivity contribution is 8.00. The van der Waals surface area contributed by atoms with Crippen LogP contribution in [0.3, 0.4) is 0 Å². The molecule has 3 N–H and O–H groups in total. The third-order valence-electron chi connectivity index (χ3n) is 3.60. The quantitative estimate of drug-likeness (QED) is 0.589. The SMILES string of the molecule is CC(=O)N[C@H](CC[C@@H](C)C1NC(C(=O)O)CS1)C(=O)OC(C)(C)C. The van der Waals surface area contributed by atoms with Gasteiger partial charge in [-0.3, -0.25) is 14.9 Å². The summed E-state index contributed by atoms with van der Waals surface area (Å²) in [6.45, 7) is 8.72. The molecule has 1 aliphatic heterocycles. The molecule has 7 nitrogen and oxygen atoms in total. The summed E-state index contributed by atoms with van der Waals surface area (Å²) in [5.74, 6) is -0.871. The molecule has 1 aliphatic rings. The van der Waals surface area contributed by atoms with Gasteiger partial charge in [0.05, 0.1) is 5.37 Å². The van der Waals surface area contributed by atoms with E-state index in [1.54, 1.807) is 32.5 Å². The van der Waals surface area contributed by atoms with Crippen LogP contribution in [0.5, 0.6) is 0 Å². The first-order chi connectivity index (χ1) is 11.0. The van der Waals surface area contributed by atoms with E-state index in [0.717, 1.165) is 0 Å². The van der Waals surface area contributed by atoms with Crippen molar-refractivity contribution in [3.63, 3.8) is 0 Å². The summed E-state index contributed by atoms with van der Waals surface area (Å²) >= 11 is 1.58. The van der Waals surface area contributed by atoms with E-state index in [9.17, 15) is 14.4 Å². The van der Waals surface area contributed by atoms with Crippen LogP contribution >= 0.6 is 11.8 Å². The minimum Gasteiger partial charge on any atom is -0.480 e. The number of carboxylic acid groups (broad SMARTS) is 1. The van der Waals surface area contributed by atoms with E-state index in [2.05, 4.69) is 10.6 Å². The number of hydrogen-bond donors (Lipinski definition) is 3. The number of nitrogens with one attached hydrogen (secondary N) is 2. The molecule has 2 unspecified atom stereocenters. The maximum Gasteiger partial charge on any atom is 0.329 e. The van der Waals surface area contributed by atoms with Gasteiger partial charge in [0.25, 0.3) is 0 Å². The number of carbonyl (C=O) groups excluding carboxylic acids is 2. The molecule has 1 heterocycles. The van der Waals surface area contributed by atoms with Crippen molar-refractivity contribution in [2.24, 2.45) is 5.92 Å². The third kappa shape index (κ3) is 7.09. The van der Waals surface area contributed by atoms with Gasteiger partial charge in [0.2, 0.25) is 5.91 Å². The normalized spacial score (nSPS) is 23.4. The van der Waals surface area contributed by atoms with Crippen LogP contribution in [0.15, 0.2) is 0 Å². The fraction of sp³-hybridized carbons (Fsp3) is 0.812. The van der Waals surface area contributed by atoms with E-state index < -0.39 is 29.6 Å². The van der Waals surface area contributed by atoms with Gasteiger partial charge in [-0.05, 0) is 39.5 Å². The first-order valence-electron chi connectivity index (χ1n) is 8.10. The van der Waals surface area contributed by atoms with Gasteiger partial charge in [-0.2, -0.15) is 0 Å². The van der Waals surface area contributed by atoms with Crippen molar-refractivity contribution in [1.29, 1.82) is 0 Å². The number of carboxylic acids is 1. The average molecular weight is 360 g/mol. The van der Waals surface area contributed by atoms with Crippen LogP contribution in [0.2, 0.25) is 0 Å². The Balaban J connectivity index is 2.56. The van der Waals surface area contributed by atoms with Gasteiger partial charge in [0.15, 0.2) is 0 Å². The molecule has 0 bridgehead atoms. The van der Waals surface area contributed by atoms with Crippen LogP contribution in [0.25, 0.3) is 0 Å². The Labute approximate surface area is 147 Å². The van der Waals surface area contributed by atoms with Crippen molar-refractivity contribution in [1.82, 2.24) is 10.6 Å². The van der Waals surface area contributed by atoms with Crippen LogP contribution < -0.4 is 10.6 Å². The van der Waals surface area contributed by atoms with Crippen molar-refractivity contribution < 1.29 is 24.2 Å². The standard InChI is InChI=1S/C16H28N2O5S/c1-9(13-18-12(8-24-13)14(20)21)6-7-11(17-10(2)19)15(22)23-16(3,4)5/h9,11-13,18H,6-8H2,1-5H3,(H,17,19)(H,20,21)/t9-,11-,12?,13?/m1/s1. The van der Waals surface area contributed by atoms with Gasteiger partial charge in [-0.15, -0.1) is 11.8 Å². The largest absolute Gasteiger partial charge is 0.480 e. The Kier molecular flexibility index (Phi) is 7.54. The number of ether oxygens (including phenoxy) is 1. The highest BCUT2D eigenvalue weighted by atomic mass is 32.2. The number of amides is 1. The van der Waals surface area contributed by atoms with Crippen LogP contribution in [0.1, 0.15) is 47.5 Å². The summed E-state index contributed by atoms with van der Waals surface area (Å²) in [6, 6.07) is -1.22. The fourth-order valence-electron chi connectivity index (χ4n) is 2.41. The molecule has 4 atom stereocenters. The summed E-state index contributed by atoms with van der Waals surface area (Å²) < 4.78 is 5.35. The van der Waals surface area contributed by atoms with Crippen molar-refractivity contribution in [2.75, 3.05) is 5.75 Å². The second-order valence-corrected chi connectivity index (χ2v) is 8.33. The van der Waals surface area contributed by atoms with E-state index in [-0.39, 0.29) is 17.2 Å². The number of thioether (sulfide) groups is 1. The van der Waals surface area contributed by atoms with Crippen molar-refractivity contribution in [3.8, 4) is 0 Å². The molecular formula is C16H28N2O5S. The van der Waals surface area contributed by atoms with Gasteiger partial charge >= 0.3 is 11.9 Å². The predicted octanol–water partition coefficient (Wildman–Crippen LogP) is 1.36. The second kappa shape index (κ2) is 8.71. The Morgan fingerprint density at radius 2 is 1.96 bits per heavy atom. The summed E-state index contributed by atoms with van der Waals surface area (Å²) in [5, 5.41) is 14.8. The van der Waals surface area contributed by atoms with E-state index in [1.165, 1.54) is 6.92 Å². The van der Waals surface area contributed by atoms with Crippen LogP contribution in [0.4, 0.5) is 0 Å². The van der Waals surface area contributed by atoms with Crippen molar-refractivity contribution >= 4 is 29.6 Å². The zero-order chi connectivity index (χ0) is 18.5. The average Bonchev–Trinajstić information content (AvgIpc) is 2.90. The highest BCUT2D eigenvalue weighted by Gasteiger charge is 2.33. The molecule has 1 fully saturated rings. The van der Waals surface area contributed by atoms with Crippen molar-refractivity contribution in [3.05, 3.63) is 0 Å². The molecule has 0 aromatic carbocycles. The molecule has 0 aliphatic carbocycles. The molecule has 0 saturated carbocycles. The molecule has 24 heavy (non-hydrogen) atoms. The van der Waals surface area contributed by atoms with Gasteiger partial charge < -0.3 is 15.2 Å². The van der Waals surface area contributed by atoms with Gasteiger partial charge in [0, 0.05) is 12.7 Å². The second-order valence-electron chi connectivity index (χ2n) is 7.15. The van der Waals surface area contributed by atoms with Gasteiger partial charge in [-0.25, -0.2) is 4.79 Å². The third-order valence-corrected chi connectivity index (χ3v) is 5.09. The lowest BCUT2D eigenvalue weighted by molar-refractivity contribution is -0.158. The summed E-state index contributed by atoms with van der Waals surface area (Å²) in [6.07, 6.45) is 1.12. The molecule has 0 aromatic heterocycles. The van der Waals surface area contributed by atoms with E-state index in [4.69, 9.17) is 9.84 Å². The summed E-state index contributed by atoms with van der Waals surface area (Å²) in [5.41, 5.74) is -0.614. The maximum atomic E-state index is 12.2. The van der Waals surface area contributed by atoms with E-state index in [0.29, 0.717) is 18.6 Å². The molecular weight excluding hydrogens is 332 g/mol. The number of rotatable bonds is 7. The number of carbonyl (C=O) groups is 3. The minimum absolute atomic E-state index is 0.0303. The smallest absolute Gasteiger partial charge is 0.329 e. The molecule has 138 valence electrons. The molecule has 0 radical (unpaired) electrons. The Morgan fingerprint density at radius 3 is 2.42 bits per heavy atom. The lowest BCUT2D eigenvalue weighted by atomic mass is 10.0. The van der Waals surface area contributed by atoms with Crippen LogP contribution in [-0.2, 0) is 19.1 Å². The first-order valence-corrected chi connectivity index (χ1v) is 9.15. The Hall–Kier alpha value is -1.28. The zero-order valence-corrected chi connectivity index (χ0v) is 15.7. The topological polar surface area (TPSA) is 105 Å². The van der Waals surface area contributed by atoms with Crippen molar-refractivity contribution in [2.45, 2.75) is 70.5 Å². The number of esters is 1. The number of aliphatic carboxylic acids is 1. The molecule has 0 aromatic rings. The van der Waals surface area contributed by atoms with E-state index in [1.807, 2.05) is 6.92 Å². The Morgan fingerprint density at radius 1 is 1.33 bits per heavy atom. The monoisotopic (exact) mass is 360 g/mol. The zero-order valence-electron chi connectivity index (χ0n) is 14.9. The fourth-order valence-corrected chi connectivity index (χ4v) is 3.78. The maximum absolute atomic E-state index is 12.2. The first kappa shape index (κ1) is 20.8. The molecule has 1 saturated heterocycles. The Bertz CT molecular complexity index is 478. The molecule has 8 heteroatoms. The molecule has 0 spiro atoms.